The van der Waals surface area contributed by atoms with E-state index in [9.17, 15) is 9.59 Å². The second-order valence-corrected chi connectivity index (χ2v) is 5.21. The van der Waals surface area contributed by atoms with Crippen molar-refractivity contribution in [3.63, 3.8) is 0 Å². The van der Waals surface area contributed by atoms with E-state index in [1.54, 1.807) is 12.4 Å². The van der Waals surface area contributed by atoms with Gasteiger partial charge in [0.15, 0.2) is 0 Å². The van der Waals surface area contributed by atoms with Gasteiger partial charge in [-0.25, -0.2) is 9.59 Å². The number of hydrogen-bond donors (Lipinski definition) is 1. The highest BCUT2D eigenvalue weighted by Gasteiger charge is 2.14. The largest absolute Gasteiger partial charge is 0.466 e. The lowest BCUT2D eigenvalue weighted by atomic mass is 10.0. The van der Waals surface area contributed by atoms with Gasteiger partial charge in [-0.15, -0.1) is 0 Å². The first-order valence-corrected chi connectivity index (χ1v) is 7.76. The van der Waals surface area contributed by atoms with E-state index in [0.717, 1.165) is 30.2 Å². The third-order valence-corrected chi connectivity index (χ3v) is 3.59. The van der Waals surface area contributed by atoms with Crippen LogP contribution in [0.2, 0.25) is 0 Å². The highest BCUT2D eigenvalue weighted by molar-refractivity contribution is 5.98. The fourth-order valence-electron chi connectivity index (χ4n) is 2.27. The van der Waals surface area contributed by atoms with Gasteiger partial charge in [0.2, 0.25) is 0 Å². The number of aromatic nitrogens is 1. The van der Waals surface area contributed by atoms with Crippen molar-refractivity contribution in [2.75, 3.05) is 19.5 Å². The average Bonchev–Trinajstić information content (AvgIpc) is 2.66. The summed E-state index contributed by atoms with van der Waals surface area (Å²) in [5.41, 5.74) is 2.94. The highest BCUT2D eigenvalue weighted by Crippen LogP contribution is 2.20. The summed E-state index contributed by atoms with van der Waals surface area (Å²) < 4.78 is 9.29. The average molecular weight is 340 g/mol. The van der Waals surface area contributed by atoms with Crippen molar-refractivity contribution in [1.82, 2.24) is 4.98 Å². The van der Waals surface area contributed by atoms with Crippen LogP contribution in [0.15, 0.2) is 60.6 Å². The molecule has 2 aromatic rings. The van der Waals surface area contributed by atoms with E-state index in [1.807, 2.05) is 36.4 Å². The van der Waals surface area contributed by atoms with Crippen LogP contribution >= 0.6 is 0 Å². The van der Waals surface area contributed by atoms with Gasteiger partial charge < -0.3 is 14.8 Å². The minimum absolute atomic E-state index is 0.0192. The molecule has 0 radical (unpaired) electrons. The predicted octanol–water partition coefficient (Wildman–Crippen LogP) is 2.51. The molecule has 0 aliphatic heterocycles. The molecule has 0 saturated carbocycles. The number of carbonyl (C=O) groups excluding carboxylic acids is 2. The van der Waals surface area contributed by atoms with E-state index in [4.69, 9.17) is 4.74 Å². The van der Waals surface area contributed by atoms with Gasteiger partial charge in [0.1, 0.15) is 5.70 Å². The standard InChI is InChI=1S/C19H20N2O4/c1-24-18(22)13-17(19(23)25-2)21-16-6-4-3-5-15(16)8-7-14-9-11-20-12-10-14/h3-6,9-13,21H,7-8H2,1-2H3/b17-13+. The number of methoxy groups -OCH3 is 2. The van der Waals surface area contributed by atoms with Crippen LogP contribution in [-0.4, -0.2) is 31.1 Å². The number of rotatable bonds is 7. The number of anilines is 1. The van der Waals surface area contributed by atoms with Crippen molar-refractivity contribution < 1.29 is 19.1 Å². The summed E-state index contributed by atoms with van der Waals surface area (Å²) in [5.74, 6) is -1.28. The molecule has 0 aliphatic rings. The van der Waals surface area contributed by atoms with E-state index in [0.29, 0.717) is 0 Å². The number of pyridine rings is 1. The SMILES string of the molecule is COC(=O)/C=C(/Nc1ccccc1CCc1ccncc1)C(=O)OC. The zero-order valence-electron chi connectivity index (χ0n) is 14.2. The number of aryl methyl sites for hydroxylation is 2. The molecular weight excluding hydrogens is 320 g/mol. The molecule has 0 fully saturated rings. The fourth-order valence-corrected chi connectivity index (χ4v) is 2.27. The monoisotopic (exact) mass is 340 g/mol. The van der Waals surface area contributed by atoms with Crippen LogP contribution in [-0.2, 0) is 31.9 Å². The zero-order chi connectivity index (χ0) is 18.1. The fraction of sp³-hybridized carbons (Fsp3) is 0.211. The summed E-state index contributed by atoms with van der Waals surface area (Å²) in [6.07, 6.45) is 6.18. The van der Waals surface area contributed by atoms with Crippen molar-refractivity contribution in [3.8, 4) is 0 Å². The molecule has 130 valence electrons. The Morgan fingerprint density at radius 1 is 1.04 bits per heavy atom. The molecule has 6 nitrogen and oxygen atoms in total. The summed E-state index contributed by atoms with van der Waals surface area (Å²) in [6, 6.07) is 11.5. The quantitative estimate of drug-likeness (QED) is 0.616. The van der Waals surface area contributed by atoms with Gasteiger partial charge in [0.25, 0.3) is 0 Å². The molecule has 0 saturated heterocycles. The Kier molecular flexibility index (Phi) is 6.71. The molecule has 6 heteroatoms. The third kappa shape index (κ3) is 5.46. The number of para-hydroxylation sites is 1. The van der Waals surface area contributed by atoms with Crippen LogP contribution in [0, 0.1) is 0 Å². The Morgan fingerprint density at radius 2 is 1.76 bits per heavy atom. The van der Waals surface area contributed by atoms with Crippen molar-refractivity contribution in [2.45, 2.75) is 12.8 Å². The minimum atomic E-state index is -0.644. The van der Waals surface area contributed by atoms with Crippen LogP contribution in [0.5, 0.6) is 0 Å². The van der Waals surface area contributed by atoms with Gasteiger partial charge >= 0.3 is 11.9 Å². The molecule has 1 N–H and O–H groups in total. The Morgan fingerprint density at radius 3 is 2.44 bits per heavy atom. The first kappa shape index (κ1) is 18.2. The topological polar surface area (TPSA) is 77.5 Å². The lowest BCUT2D eigenvalue weighted by Gasteiger charge is -2.13. The molecule has 0 bridgehead atoms. The number of carbonyl (C=O) groups is 2. The van der Waals surface area contributed by atoms with Gasteiger partial charge in [-0.05, 0) is 42.2 Å². The second-order valence-electron chi connectivity index (χ2n) is 5.21. The molecule has 0 aliphatic carbocycles. The number of nitrogens with one attached hydrogen (secondary N) is 1. The van der Waals surface area contributed by atoms with Crippen molar-refractivity contribution in [2.24, 2.45) is 0 Å². The van der Waals surface area contributed by atoms with Crippen LogP contribution in [0.25, 0.3) is 0 Å². The Labute approximate surface area is 146 Å². The molecule has 1 aromatic carbocycles. The van der Waals surface area contributed by atoms with Crippen molar-refractivity contribution in [3.05, 3.63) is 71.7 Å². The molecule has 0 atom stereocenters. The van der Waals surface area contributed by atoms with E-state index in [-0.39, 0.29) is 5.70 Å². The highest BCUT2D eigenvalue weighted by atomic mass is 16.5. The van der Waals surface area contributed by atoms with Crippen LogP contribution in [0.1, 0.15) is 11.1 Å². The number of hydrogen-bond acceptors (Lipinski definition) is 6. The Bertz CT molecular complexity index is 757. The zero-order valence-corrected chi connectivity index (χ0v) is 14.2. The predicted molar refractivity (Wildman–Crippen MR) is 93.8 cm³/mol. The molecule has 0 spiro atoms. The summed E-state index contributed by atoms with van der Waals surface area (Å²) in [6.45, 7) is 0. The van der Waals surface area contributed by atoms with Crippen LogP contribution in [0.3, 0.4) is 0 Å². The maximum Gasteiger partial charge on any atom is 0.354 e. The normalized spacial score (nSPS) is 10.9. The van der Waals surface area contributed by atoms with Gasteiger partial charge in [0.05, 0.1) is 20.3 Å². The molecular formula is C19H20N2O4. The van der Waals surface area contributed by atoms with E-state index in [2.05, 4.69) is 15.0 Å². The number of nitrogens with zero attached hydrogens (tertiary/aromatic N) is 1. The maximum absolute atomic E-state index is 11.9. The molecule has 1 heterocycles. The van der Waals surface area contributed by atoms with E-state index in [1.165, 1.54) is 19.8 Å². The summed E-state index contributed by atoms with van der Waals surface area (Å²) in [5, 5.41) is 2.97. The summed E-state index contributed by atoms with van der Waals surface area (Å²) >= 11 is 0. The van der Waals surface area contributed by atoms with Crippen molar-refractivity contribution in [1.29, 1.82) is 0 Å². The van der Waals surface area contributed by atoms with Gasteiger partial charge in [-0.2, -0.15) is 0 Å². The Hall–Kier alpha value is -3.15. The van der Waals surface area contributed by atoms with Crippen LogP contribution in [0.4, 0.5) is 5.69 Å². The van der Waals surface area contributed by atoms with Gasteiger partial charge in [-0.3, -0.25) is 4.98 Å². The van der Waals surface area contributed by atoms with E-state index >= 15 is 0 Å². The van der Waals surface area contributed by atoms with Gasteiger partial charge in [-0.1, -0.05) is 18.2 Å². The molecule has 0 amide bonds. The first-order valence-electron chi connectivity index (χ1n) is 7.76. The van der Waals surface area contributed by atoms with E-state index < -0.39 is 11.9 Å². The number of esters is 2. The van der Waals surface area contributed by atoms with Gasteiger partial charge in [0, 0.05) is 18.1 Å². The number of ether oxygens (including phenoxy) is 2. The minimum Gasteiger partial charge on any atom is -0.466 e. The third-order valence-electron chi connectivity index (χ3n) is 3.59. The summed E-state index contributed by atoms with van der Waals surface area (Å²) in [4.78, 5) is 27.4. The second kappa shape index (κ2) is 9.22. The lowest BCUT2D eigenvalue weighted by molar-refractivity contribution is -0.138. The molecule has 0 unspecified atom stereocenters. The van der Waals surface area contributed by atoms with Crippen LogP contribution < -0.4 is 5.32 Å². The molecule has 2 rings (SSSR count). The summed E-state index contributed by atoms with van der Waals surface area (Å²) in [7, 11) is 2.50. The lowest BCUT2D eigenvalue weighted by Crippen LogP contribution is -2.16. The Balaban J connectivity index is 2.19. The molecule has 1 aromatic heterocycles. The number of benzene rings is 1. The smallest absolute Gasteiger partial charge is 0.354 e. The maximum atomic E-state index is 11.9. The molecule has 25 heavy (non-hydrogen) atoms. The first-order chi connectivity index (χ1) is 12.1. The van der Waals surface area contributed by atoms with Crippen molar-refractivity contribution >= 4 is 17.6 Å².